The average molecular weight is 589 g/mol. The van der Waals surface area contributed by atoms with E-state index in [-0.39, 0.29) is 30.3 Å². The first-order valence-corrected chi connectivity index (χ1v) is 12.9. The van der Waals surface area contributed by atoms with Crippen LogP contribution in [0, 0.1) is 0 Å². The SMILES string of the molecule is CCOC(=O)Oc1ccc(/C=N\NC(=O)[C@H](Cc2ccc(O)cc2)NC(=O)[C@H](CO)NC(=O)OC(C)(C)C)cc1OC. The van der Waals surface area contributed by atoms with Crippen LogP contribution >= 0.6 is 0 Å². The smallest absolute Gasteiger partial charge is 0.508 e. The number of rotatable bonds is 12. The number of carbonyl (C=O) groups excluding carboxylic acids is 4. The number of alkyl carbamates (subject to hydrolysis) is 1. The van der Waals surface area contributed by atoms with E-state index in [1.54, 1.807) is 45.9 Å². The molecule has 14 nitrogen and oxygen atoms in total. The summed E-state index contributed by atoms with van der Waals surface area (Å²) in [4.78, 5) is 49.7. The summed E-state index contributed by atoms with van der Waals surface area (Å²) in [6.07, 6.45) is -0.522. The number of aliphatic hydroxyl groups excluding tert-OH is 1. The summed E-state index contributed by atoms with van der Waals surface area (Å²) >= 11 is 0. The van der Waals surface area contributed by atoms with E-state index in [1.165, 1.54) is 37.6 Å². The van der Waals surface area contributed by atoms with Crippen molar-refractivity contribution in [1.82, 2.24) is 16.1 Å². The first kappa shape index (κ1) is 33.4. The van der Waals surface area contributed by atoms with Crippen LogP contribution in [-0.4, -0.2) is 78.5 Å². The Hall–Kier alpha value is -4.85. The van der Waals surface area contributed by atoms with Crippen LogP contribution in [0.4, 0.5) is 9.59 Å². The largest absolute Gasteiger partial charge is 0.513 e. The summed E-state index contributed by atoms with van der Waals surface area (Å²) < 4.78 is 20.2. The number of phenols is 1. The summed E-state index contributed by atoms with van der Waals surface area (Å²) in [6, 6.07) is 7.91. The van der Waals surface area contributed by atoms with Gasteiger partial charge in [-0.05, 0) is 69.2 Å². The van der Waals surface area contributed by atoms with Gasteiger partial charge in [0.25, 0.3) is 5.91 Å². The molecule has 42 heavy (non-hydrogen) atoms. The maximum absolute atomic E-state index is 13.1. The minimum atomic E-state index is -1.40. The van der Waals surface area contributed by atoms with Gasteiger partial charge in [-0.3, -0.25) is 9.59 Å². The normalized spacial score (nSPS) is 12.5. The Labute approximate surface area is 243 Å². The number of nitrogens with zero attached hydrogens (tertiary/aromatic N) is 1. The molecule has 0 bridgehead atoms. The molecule has 0 aliphatic rings. The Balaban J connectivity index is 2.16. The van der Waals surface area contributed by atoms with Crippen LogP contribution < -0.4 is 25.5 Å². The fourth-order valence-corrected chi connectivity index (χ4v) is 3.33. The predicted molar refractivity (Wildman–Crippen MR) is 150 cm³/mol. The second-order valence-corrected chi connectivity index (χ2v) is 9.74. The van der Waals surface area contributed by atoms with Crippen molar-refractivity contribution in [2.75, 3.05) is 20.3 Å². The van der Waals surface area contributed by atoms with Crippen LogP contribution in [-0.2, 0) is 25.5 Å². The van der Waals surface area contributed by atoms with Crippen LogP contribution in [0.3, 0.4) is 0 Å². The highest BCUT2D eigenvalue weighted by Crippen LogP contribution is 2.28. The quantitative estimate of drug-likeness (QED) is 0.106. The van der Waals surface area contributed by atoms with E-state index in [4.69, 9.17) is 18.9 Å². The number of amides is 3. The number of phenolic OH excluding ortho intramolecular Hbond substituents is 1. The van der Waals surface area contributed by atoms with Gasteiger partial charge < -0.3 is 39.8 Å². The molecule has 3 amide bonds. The van der Waals surface area contributed by atoms with Crippen molar-refractivity contribution in [3.63, 3.8) is 0 Å². The van der Waals surface area contributed by atoms with Crippen LogP contribution in [0.5, 0.6) is 17.2 Å². The van der Waals surface area contributed by atoms with Gasteiger partial charge in [-0.2, -0.15) is 5.10 Å². The van der Waals surface area contributed by atoms with E-state index in [1.807, 2.05) is 0 Å². The summed E-state index contributed by atoms with van der Waals surface area (Å²) in [5.41, 5.74) is 2.58. The van der Waals surface area contributed by atoms with Crippen molar-refractivity contribution in [3.8, 4) is 17.2 Å². The number of benzene rings is 2. The Morgan fingerprint density at radius 1 is 0.976 bits per heavy atom. The second kappa shape index (κ2) is 15.8. The molecule has 14 heteroatoms. The second-order valence-electron chi connectivity index (χ2n) is 9.74. The lowest BCUT2D eigenvalue weighted by Gasteiger charge is -2.24. The summed E-state index contributed by atoms with van der Waals surface area (Å²) in [5, 5.41) is 28.0. The molecule has 0 aliphatic carbocycles. The minimum Gasteiger partial charge on any atom is -0.508 e. The van der Waals surface area contributed by atoms with E-state index < -0.39 is 48.4 Å². The van der Waals surface area contributed by atoms with E-state index in [2.05, 4.69) is 21.2 Å². The lowest BCUT2D eigenvalue weighted by Crippen LogP contribution is -2.55. The maximum atomic E-state index is 13.1. The molecule has 2 rings (SSSR count). The number of carbonyl (C=O) groups is 4. The molecule has 0 aliphatic heterocycles. The third-order valence-corrected chi connectivity index (χ3v) is 5.23. The molecule has 0 spiro atoms. The molecule has 2 aromatic carbocycles. The van der Waals surface area contributed by atoms with Gasteiger partial charge in [0.15, 0.2) is 11.5 Å². The highest BCUT2D eigenvalue weighted by atomic mass is 16.7. The Morgan fingerprint density at radius 3 is 2.26 bits per heavy atom. The number of nitrogens with one attached hydrogen (secondary N) is 3. The zero-order chi connectivity index (χ0) is 31.3. The van der Waals surface area contributed by atoms with E-state index in [0.29, 0.717) is 11.1 Å². The van der Waals surface area contributed by atoms with Gasteiger partial charge in [0.1, 0.15) is 23.4 Å². The van der Waals surface area contributed by atoms with Gasteiger partial charge in [-0.25, -0.2) is 15.0 Å². The number of methoxy groups -OCH3 is 1. The highest BCUT2D eigenvalue weighted by Gasteiger charge is 2.28. The number of aromatic hydroxyl groups is 1. The molecule has 0 radical (unpaired) electrons. The molecule has 2 atom stereocenters. The van der Waals surface area contributed by atoms with Gasteiger partial charge in [0, 0.05) is 6.42 Å². The number of hydrazone groups is 1. The highest BCUT2D eigenvalue weighted by molar-refractivity contribution is 5.92. The molecule has 2 aromatic rings. The van der Waals surface area contributed by atoms with E-state index >= 15 is 0 Å². The molecule has 228 valence electrons. The van der Waals surface area contributed by atoms with Gasteiger partial charge in [-0.1, -0.05) is 12.1 Å². The lowest BCUT2D eigenvalue weighted by atomic mass is 10.0. The molecule has 0 unspecified atom stereocenters. The number of aliphatic hydroxyl groups is 1. The fourth-order valence-electron chi connectivity index (χ4n) is 3.33. The lowest BCUT2D eigenvalue weighted by molar-refractivity contribution is -0.130. The van der Waals surface area contributed by atoms with E-state index in [9.17, 15) is 29.4 Å². The van der Waals surface area contributed by atoms with Crippen molar-refractivity contribution >= 4 is 30.3 Å². The first-order chi connectivity index (χ1) is 19.8. The van der Waals surface area contributed by atoms with Gasteiger partial charge in [0.2, 0.25) is 5.91 Å². The third kappa shape index (κ3) is 11.3. The molecule has 5 N–H and O–H groups in total. The molecule has 0 aromatic heterocycles. The standard InChI is InChI=1S/C28H36N4O10/c1-6-40-27(38)41-22-12-9-18(14-23(22)39-5)15-29-32-25(36)20(13-17-7-10-19(34)11-8-17)30-24(35)21(16-33)31-26(37)42-28(2,3)4/h7-12,14-15,20-21,33-34H,6,13,16H2,1-5H3,(H,30,35)(H,31,37)(H,32,36)/b29-15-/t20-,21-/m0/s1. The zero-order valence-electron chi connectivity index (χ0n) is 24.0. The van der Waals surface area contributed by atoms with Crippen molar-refractivity contribution < 1.29 is 48.3 Å². The topological polar surface area (TPSA) is 194 Å². The molecule has 0 heterocycles. The third-order valence-electron chi connectivity index (χ3n) is 5.23. The van der Waals surface area contributed by atoms with Crippen molar-refractivity contribution in [1.29, 1.82) is 0 Å². The zero-order valence-corrected chi connectivity index (χ0v) is 24.0. The minimum absolute atomic E-state index is 0.00826. The molecule has 0 saturated heterocycles. The van der Waals surface area contributed by atoms with Crippen LogP contribution in [0.1, 0.15) is 38.8 Å². The molecule has 0 saturated carbocycles. The first-order valence-electron chi connectivity index (χ1n) is 12.9. The van der Waals surface area contributed by atoms with Crippen LogP contribution in [0.25, 0.3) is 0 Å². The summed E-state index contributed by atoms with van der Waals surface area (Å²) in [6.45, 7) is 5.94. The number of hydrogen-bond acceptors (Lipinski definition) is 11. The number of hydrogen-bond donors (Lipinski definition) is 5. The Kier molecular flexibility index (Phi) is 12.6. The Morgan fingerprint density at radius 2 is 1.67 bits per heavy atom. The van der Waals surface area contributed by atoms with Crippen molar-refractivity contribution in [2.45, 2.75) is 51.8 Å². The van der Waals surface area contributed by atoms with Gasteiger partial charge in [-0.15, -0.1) is 0 Å². The monoisotopic (exact) mass is 588 g/mol. The van der Waals surface area contributed by atoms with Gasteiger partial charge >= 0.3 is 12.2 Å². The average Bonchev–Trinajstić information content (AvgIpc) is 2.92. The maximum Gasteiger partial charge on any atom is 0.513 e. The summed E-state index contributed by atoms with van der Waals surface area (Å²) in [5.74, 6) is -1.20. The van der Waals surface area contributed by atoms with E-state index in [0.717, 1.165) is 0 Å². The van der Waals surface area contributed by atoms with Crippen molar-refractivity contribution in [2.24, 2.45) is 5.10 Å². The summed E-state index contributed by atoms with van der Waals surface area (Å²) in [7, 11) is 1.38. The van der Waals surface area contributed by atoms with Crippen molar-refractivity contribution in [3.05, 3.63) is 53.6 Å². The molecular weight excluding hydrogens is 552 g/mol. The number of ether oxygens (including phenoxy) is 4. The van der Waals surface area contributed by atoms with Crippen LogP contribution in [0.15, 0.2) is 47.6 Å². The predicted octanol–water partition coefficient (Wildman–Crippen LogP) is 2.00. The van der Waals surface area contributed by atoms with Crippen LogP contribution in [0.2, 0.25) is 0 Å². The Bertz CT molecular complexity index is 1260. The fraction of sp³-hybridized carbons (Fsp3) is 0.393. The molecular formula is C28H36N4O10. The van der Waals surface area contributed by atoms with Gasteiger partial charge in [0.05, 0.1) is 26.5 Å². The molecule has 0 fully saturated rings.